The van der Waals surface area contributed by atoms with E-state index in [0.29, 0.717) is 6.42 Å². The highest BCUT2D eigenvalue weighted by Crippen LogP contribution is 2.42. The number of anilines is 1. The van der Waals surface area contributed by atoms with Crippen molar-refractivity contribution < 1.29 is 14.3 Å². The molecule has 0 saturated carbocycles. The normalized spacial score (nSPS) is 13.7. The van der Waals surface area contributed by atoms with Crippen LogP contribution in [0.25, 0.3) is 0 Å². The van der Waals surface area contributed by atoms with Gasteiger partial charge in [0.1, 0.15) is 0 Å². The number of aryl methyl sites for hydroxylation is 1. The first-order chi connectivity index (χ1) is 16.3. The van der Waals surface area contributed by atoms with E-state index in [0.717, 1.165) is 73.0 Å². The number of benzene rings is 2. The van der Waals surface area contributed by atoms with Gasteiger partial charge in [-0.2, -0.15) is 0 Å². The molecule has 2 aromatic carbocycles. The van der Waals surface area contributed by atoms with Crippen LogP contribution in [0.3, 0.4) is 0 Å². The first-order valence-electron chi connectivity index (χ1n) is 12.7. The van der Waals surface area contributed by atoms with E-state index in [1.54, 1.807) is 0 Å². The molecule has 0 aromatic heterocycles. The molecule has 34 heavy (non-hydrogen) atoms. The Kier molecular flexibility index (Phi) is 9.87. The summed E-state index contributed by atoms with van der Waals surface area (Å²) in [6, 6.07) is 12.6. The molecular weight excluding hydrogens is 490 g/mol. The van der Waals surface area contributed by atoms with Crippen molar-refractivity contribution >= 4 is 27.5 Å². The van der Waals surface area contributed by atoms with E-state index in [1.807, 2.05) is 12.1 Å². The Bertz CT molecular complexity index is 951. The fraction of sp³-hybridized carbons (Fsp3) is 0.552. The topological polar surface area (TPSA) is 47.6 Å². The average Bonchev–Trinajstić information content (AvgIpc) is 3.27. The van der Waals surface area contributed by atoms with Gasteiger partial charge < -0.3 is 14.8 Å². The lowest BCUT2D eigenvalue weighted by Gasteiger charge is -2.25. The molecule has 0 bridgehead atoms. The highest BCUT2D eigenvalue weighted by Gasteiger charge is 2.26. The number of amides is 1. The van der Waals surface area contributed by atoms with Gasteiger partial charge in [0, 0.05) is 23.0 Å². The summed E-state index contributed by atoms with van der Waals surface area (Å²) in [5, 5.41) is 4.31. The maximum absolute atomic E-state index is 13.4. The SMILES string of the molecule is CCCCCC(CC(=O)Nc1cc(CCCCBr)ccc1C(C)(C)C)c1cccc2c1OCO2. The summed E-state index contributed by atoms with van der Waals surface area (Å²) in [6.45, 7) is 9.04. The molecule has 1 atom stereocenters. The lowest BCUT2D eigenvalue weighted by molar-refractivity contribution is -0.116. The fourth-order valence-electron chi connectivity index (χ4n) is 4.64. The van der Waals surface area contributed by atoms with Crippen LogP contribution < -0.4 is 14.8 Å². The molecule has 1 unspecified atom stereocenters. The molecular formula is C29H40BrNO3. The third-order valence-corrected chi connectivity index (χ3v) is 7.03. The molecule has 0 radical (unpaired) electrons. The summed E-state index contributed by atoms with van der Waals surface area (Å²) in [7, 11) is 0. The number of hydrogen-bond donors (Lipinski definition) is 1. The summed E-state index contributed by atoms with van der Waals surface area (Å²) >= 11 is 3.52. The van der Waals surface area contributed by atoms with Crippen molar-refractivity contribution in [2.45, 2.75) is 90.4 Å². The number of carbonyl (C=O) groups is 1. The molecule has 4 nitrogen and oxygen atoms in total. The lowest BCUT2D eigenvalue weighted by Crippen LogP contribution is -2.20. The molecule has 2 aromatic rings. The van der Waals surface area contributed by atoms with Crippen molar-refractivity contribution in [1.29, 1.82) is 0 Å². The zero-order chi connectivity index (χ0) is 24.6. The van der Waals surface area contributed by atoms with E-state index in [1.165, 1.54) is 11.1 Å². The highest BCUT2D eigenvalue weighted by atomic mass is 79.9. The number of para-hydroxylation sites is 1. The number of nitrogens with one attached hydrogen (secondary N) is 1. The van der Waals surface area contributed by atoms with Gasteiger partial charge >= 0.3 is 0 Å². The zero-order valence-electron chi connectivity index (χ0n) is 21.2. The van der Waals surface area contributed by atoms with Crippen molar-refractivity contribution in [3.05, 3.63) is 53.1 Å². The number of unbranched alkanes of at least 4 members (excludes halogenated alkanes) is 3. The number of fused-ring (bicyclic) bond motifs is 1. The summed E-state index contributed by atoms with van der Waals surface area (Å²) in [5.41, 5.74) is 4.42. The minimum Gasteiger partial charge on any atom is -0.454 e. The predicted molar refractivity (Wildman–Crippen MR) is 145 cm³/mol. The molecule has 3 rings (SSSR count). The van der Waals surface area contributed by atoms with E-state index >= 15 is 0 Å². The van der Waals surface area contributed by atoms with Gasteiger partial charge in [0.25, 0.3) is 0 Å². The third kappa shape index (κ3) is 7.24. The van der Waals surface area contributed by atoms with Crippen molar-refractivity contribution in [3.8, 4) is 11.5 Å². The van der Waals surface area contributed by atoms with Crippen LogP contribution in [0.4, 0.5) is 5.69 Å². The molecule has 5 heteroatoms. The quantitative estimate of drug-likeness (QED) is 0.223. The first kappa shape index (κ1) is 26.6. The number of halogens is 1. The molecule has 0 aliphatic carbocycles. The van der Waals surface area contributed by atoms with Crippen LogP contribution in [0.5, 0.6) is 11.5 Å². The number of rotatable bonds is 12. The summed E-state index contributed by atoms with van der Waals surface area (Å²) in [5.74, 6) is 1.75. The van der Waals surface area contributed by atoms with Crippen molar-refractivity contribution in [2.75, 3.05) is 17.4 Å². The monoisotopic (exact) mass is 529 g/mol. The van der Waals surface area contributed by atoms with E-state index in [4.69, 9.17) is 9.47 Å². The molecule has 1 amide bonds. The van der Waals surface area contributed by atoms with Crippen molar-refractivity contribution in [1.82, 2.24) is 0 Å². The molecule has 186 valence electrons. The van der Waals surface area contributed by atoms with Crippen LogP contribution >= 0.6 is 15.9 Å². The predicted octanol–water partition coefficient (Wildman–Crippen LogP) is 8.12. The minimum absolute atomic E-state index is 0.0526. The third-order valence-electron chi connectivity index (χ3n) is 6.47. The Labute approximate surface area is 213 Å². The zero-order valence-corrected chi connectivity index (χ0v) is 22.8. The number of ether oxygens (including phenoxy) is 2. The molecule has 1 N–H and O–H groups in total. The second-order valence-electron chi connectivity index (χ2n) is 10.3. The van der Waals surface area contributed by atoms with Crippen LogP contribution in [0, 0.1) is 0 Å². The Morgan fingerprint density at radius 3 is 2.65 bits per heavy atom. The standard InChI is InChI=1S/C29H40BrNO3/c1-5-6-7-12-22(23-13-10-14-26-28(23)34-20-33-26)19-27(32)31-25-18-21(11-8-9-17-30)15-16-24(25)29(2,3)4/h10,13-16,18,22H,5-9,11-12,17,19-20H2,1-4H3,(H,31,32). The van der Waals surface area contributed by atoms with Gasteiger partial charge in [0.15, 0.2) is 11.5 Å². The maximum Gasteiger partial charge on any atom is 0.231 e. The minimum atomic E-state index is -0.0526. The van der Waals surface area contributed by atoms with Gasteiger partial charge in [-0.1, -0.05) is 87.2 Å². The van der Waals surface area contributed by atoms with Crippen LogP contribution in [-0.2, 0) is 16.6 Å². The Morgan fingerprint density at radius 1 is 1.09 bits per heavy atom. The Balaban J connectivity index is 1.80. The van der Waals surface area contributed by atoms with E-state index in [9.17, 15) is 4.79 Å². The van der Waals surface area contributed by atoms with Gasteiger partial charge in [-0.25, -0.2) is 0 Å². The molecule has 0 fully saturated rings. The van der Waals surface area contributed by atoms with Gasteiger partial charge in [-0.3, -0.25) is 4.79 Å². The molecule has 1 heterocycles. The molecule has 1 aliphatic rings. The largest absolute Gasteiger partial charge is 0.454 e. The molecule has 0 spiro atoms. The number of alkyl halides is 1. The first-order valence-corrected chi connectivity index (χ1v) is 13.8. The van der Waals surface area contributed by atoms with Crippen molar-refractivity contribution in [2.24, 2.45) is 0 Å². The molecule has 1 aliphatic heterocycles. The molecule has 0 saturated heterocycles. The summed E-state index contributed by atoms with van der Waals surface area (Å²) < 4.78 is 11.4. The van der Waals surface area contributed by atoms with Gasteiger partial charge in [0.05, 0.1) is 0 Å². The Morgan fingerprint density at radius 2 is 1.91 bits per heavy atom. The van der Waals surface area contributed by atoms with Crippen LogP contribution in [-0.4, -0.2) is 18.0 Å². The smallest absolute Gasteiger partial charge is 0.231 e. The average molecular weight is 531 g/mol. The van der Waals surface area contributed by atoms with Crippen LogP contribution in [0.15, 0.2) is 36.4 Å². The fourth-order valence-corrected chi connectivity index (χ4v) is 5.03. The lowest BCUT2D eigenvalue weighted by atomic mass is 9.84. The van der Waals surface area contributed by atoms with E-state index in [2.05, 4.69) is 73.2 Å². The summed E-state index contributed by atoms with van der Waals surface area (Å²) in [4.78, 5) is 13.4. The van der Waals surface area contributed by atoms with E-state index < -0.39 is 0 Å². The van der Waals surface area contributed by atoms with Crippen LogP contribution in [0.1, 0.15) is 95.2 Å². The van der Waals surface area contributed by atoms with Gasteiger partial charge in [0.2, 0.25) is 12.7 Å². The second-order valence-corrected chi connectivity index (χ2v) is 11.1. The highest BCUT2D eigenvalue weighted by molar-refractivity contribution is 9.09. The van der Waals surface area contributed by atoms with E-state index in [-0.39, 0.29) is 24.0 Å². The van der Waals surface area contributed by atoms with Crippen molar-refractivity contribution in [3.63, 3.8) is 0 Å². The Hall–Kier alpha value is -2.01. The summed E-state index contributed by atoms with van der Waals surface area (Å²) in [6.07, 6.45) is 8.10. The second kappa shape index (κ2) is 12.6. The maximum atomic E-state index is 13.4. The van der Waals surface area contributed by atoms with Gasteiger partial charge in [-0.15, -0.1) is 0 Å². The van der Waals surface area contributed by atoms with Gasteiger partial charge in [-0.05, 0) is 60.3 Å². The van der Waals surface area contributed by atoms with Crippen LogP contribution in [0.2, 0.25) is 0 Å². The number of hydrogen-bond acceptors (Lipinski definition) is 3. The number of carbonyl (C=O) groups excluding carboxylic acids is 1.